The number of carbonyl (C=O) groups excluding carboxylic acids is 2. The molecule has 3 nitrogen and oxygen atoms in total. The monoisotopic (exact) mass is 234 g/mol. The van der Waals surface area contributed by atoms with Gasteiger partial charge in [0.15, 0.2) is 0 Å². The molecule has 0 aliphatic heterocycles. The summed E-state index contributed by atoms with van der Waals surface area (Å²) in [7, 11) is 1.38. The lowest BCUT2D eigenvalue weighted by Gasteiger charge is -2.42. The van der Waals surface area contributed by atoms with E-state index in [9.17, 15) is 9.59 Å². The van der Waals surface area contributed by atoms with Crippen LogP contribution in [0.15, 0.2) is 23.8 Å². The highest BCUT2D eigenvalue weighted by Crippen LogP contribution is 2.48. The molecule has 2 rings (SSSR count). The lowest BCUT2D eigenvalue weighted by Crippen LogP contribution is -2.37. The molecule has 0 aromatic heterocycles. The van der Waals surface area contributed by atoms with Crippen LogP contribution in [0.4, 0.5) is 0 Å². The molecule has 17 heavy (non-hydrogen) atoms. The standard InChI is InChI=1S/C14H18O3/c1-17-13(16)9-11-5-4-8-14(10-15)7-3-2-6-12(11)14/h2,6,9-10,12H,3-5,7-8H2,1H3/b11-9-/t12-,14+/m0/s1. The summed E-state index contributed by atoms with van der Waals surface area (Å²) in [6.07, 6.45) is 11.5. The Morgan fingerprint density at radius 1 is 1.53 bits per heavy atom. The Morgan fingerprint density at radius 3 is 3.06 bits per heavy atom. The Morgan fingerprint density at radius 2 is 2.35 bits per heavy atom. The predicted molar refractivity (Wildman–Crippen MR) is 64.3 cm³/mol. The molecule has 0 saturated heterocycles. The summed E-state index contributed by atoms with van der Waals surface area (Å²) in [6.45, 7) is 0. The maximum Gasteiger partial charge on any atom is 0.330 e. The van der Waals surface area contributed by atoms with E-state index in [1.165, 1.54) is 7.11 Å². The molecule has 0 spiro atoms. The van der Waals surface area contributed by atoms with Gasteiger partial charge >= 0.3 is 5.97 Å². The molecule has 1 saturated carbocycles. The Bertz CT molecular complexity index is 381. The number of ether oxygens (including phenoxy) is 1. The first-order valence-corrected chi connectivity index (χ1v) is 6.13. The molecule has 1 fully saturated rings. The molecular weight excluding hydrogens is 216 g/mol. The molecule has 2 aliphatic carbocycles. The number of methoxy groups -OCH3 is 1. The van der Waals surface area contributed by atoms with Crippen molar-refractivity contribution in [1.29, 1.82) is 0 Å². The van der Waals surface area contributed by atoms with Crippen LogP contribution in [0, 0.1) is 11.3 Å². The topological polar surface area (TPSA) is 43.4 Å². The second kappa shape index (κ2) is 4.86. The van der Waals surface area contributed by atoms with Crippen LogP contribution < -0.4 is 0 Å². The van der Waals surface area contributed by atoms with Gasteiger partial charge in [0.1, 0.15) is 6.29 Å². The van der Waals surface area contributed by atoms with Gasteiger partial charge in [0.25, 0.3) is 0 Å². The quantitative estimate of drug-likeness (QED) is 0.319. The van der Waals surface area contributed by atoms with Gasteiger partial charge in [-0.1, -0.05) is 17.7 Å². The third kappa shape index (κ3) is 2.19. The van der Waals surface area contributed by atoms with Gasteiger partial charge in [-0.25, -0.2) is 4.79 Å². The van der Waals surface area contributed by atoms with E-state index >= 15 is 0 Å². The fraction of sp³-hybridized carbons (Fsp3) is 0.571. The third-order valence-electron chi connectivity index (χ3n) is 3.97. The highest BCUT2D eigenvalue weighted by atomic mass is 16.5. The minimum atomic E-state index is -0.319. The zero-order valence-electron chi connectivity index (χ0n) is 10.1. The lowest BCUT2D eigenvalue weighted by atomic mass is 9.61. The van der Waals surface area contributed by atoms with E-state index in [2.05, 4.69) is 16.9 Å². The van der Waals surface area contributed by atoms with E-state index in [1.807, 2.05) is 0 Å². The van der Waals surface area contributed by atoms with E-state index in [1.54, 1.807) is 6.08 Å². The van der Waals surface area contributed by atoms with Crippen LogP contribution in [0.5, 0.6) is 0 Å². The van der Waals surface area contributed by atoms with Crippen LogP contribution in [0.1, 0.15) is 32.1 Å². The Kier molecular flexibility index (Phi) is 3.46. The highest BCUT2D eigenvalue weighted by Gasteiger charge is 2.42. The number of carbonyl (C=O) groups is 2. The minimum Gasteiger partial charge on any atom is -0.466 e. The summed E-state index contributed by atoms with van der Waals surface area (Å²) in [6, 6.07) is 0. The third-order valence-corrected chi connectivity index (χ3v) is 3.97. The number of rotatable bonds is 2. The van der Waals surface area contributed by atoms with E-state index in [-0.39, 0.29) is 17.3 Å². The van der Waals surface area contributed by atoms with Gasteiger partial charge in [-0.2, -0.15) is 0 Å². The van der Waals surface area contributed by atoms with Crippen LogP contribution in [-0.2, 0) is 14.3 Å². The van der Waals surface area contributed by atoms with Crippen LogP contribution in [-0.4, -0.2) is 19.4 Å². The van der Waals surface area contributed by atoms with E-state index < -0.39 is 0 Å². The fourth-order valence-electron chi connectivity index (χ4n) is 3.05. The average Bonchev–Trinajstić information content (AvgIpc) is 2.39. The summed E-state index contributed by atoms with van der Waals surface area (Å²) in [5.74, 6) is -0.220. The van der Waals surface area contributed by atoms with Gasteiger partial charge < -0.3 is 9.53 Å². The van der Waals surface area contributed by atoms with Crippen molar-refractivity contribution in [2.24, 2.45) is 11.3 Å². The molecule has 0 aromatic rings. The van der Waals surface area contributed by atoms with Gasteiger partial charge in [0.05, 0.1) is 7.11 Å². The van der Waals surface area contributed by atoms with Gasteiger partial charge in [0, 0.05) is 17.4 Å². The molecule has 0 unspecified atom stereocenters. The van der Waals surface area contributed by atoms with Crippen LogP contribution in [0.3, 0.4) is 0 Å². The van der Waals surface area contributed by atoms with Crippen molar-refractivity contribution in [3.05, 3.63) is 23.8 Å². The second-order valence-corrected chi connectivity index (χ2v) is 4.89. The number of esters is 1. The Balaban J connectivity index is 2.32. The molecular formula is C14H18O3. The Labute approximate surface area is 102 Å². The molecule has 0 radical (unpaired) electrons. The molecule has 0 bridgehead atoms. The number of hydrogen-bond donors (Lipinski definition) is 0. The van der Waals surface area contributed by atoms with Crippen molar-refractivity contribution in [3.8, 4) is 0 Å². The number of hydrogen-bond acceptors (Lipinski definition) is 3. The summed E-state index contributed by atoms with van der Waals surface area (Å²) in [5, 5.41) is 0. The number of allylic oxidation sites excluding steroid dienone is 3. The maximum atomic E-state index is 11.4. The van der Waals surface area contributed by atoms with Gasteiger partial charge in [0.2, 0.25) is 0 Å². The smallest absolute Gasteiger partial charge is 0.330 e. The van der Waals surface area contributed by atoms with E-state index in [4.69, 9.17) is 0 Å². The largest absolute Gasteiger partial charge is 0.466 e. The summed E-state index contributed by atoms with van der Waals surface area (Å²) < 4.78 is 4.67. The van der Waals surface area contributed by atoms with Gasteiger partial charge in [-0.05, 0) is 32.1 Å². The van der Waals surface area contributed by atoms with Crippen LogP contribution in [0.2, 0.25) is 0 Å². The van der Waals surface area contributed by atoms with E-state index in [0.29, 0.717) is 0 Å². The zero-order chi connectivity index (χ0) is 12.3. The molecule has 92 valence electrons. The Hall–Kier alpha value is -1.38. The summed E-state index contributed by atoms with van der Waals surface area (Å²) in [4.78, 5) is 22.8. The first kappa shape index (κ1) is 12.1. The van der Waals surface area contributed by atoms with Crippen molar-refractivity contribution in [2.45, 2.75) is 32.1 Å². The average molecular weight is 234 g/mol. The zero-order valence-corrected chi connectivity index (χ0v) is 10.1. The van der Waals surface area contributed by atoms with Crippen molar-refractivity contribution < 1.29 is 14.3 Å². The SMILES string of the molecule is COC(=O)/C=C1/CCC[C@@]2(C=O)CCC=C[C@@H]12. The van der Waals surface area contributed by atoms with Crippen molar-refractivity contribution >= 4 is 12.3 Å². The van der Waals surface area contributed by atoms with Crippen LogP contribution in [0.25, 0.3) is 0 Å². The molecule has 0 aromatic carbocycles. The highest BCUT2D eigenvalue weighted by molar-refractivity contribution is 5.83. The molecule has 2 aliphatic rings. The first-order valence-electron chi connectivity index (χ1n) is 6.13. The van der Waals surface area contributed by atoms with Crippen molar-refractivity contribution in [1.82, 2.24) is 0 Å². The van der Waals surface area contributed by atoms with Gasteiger partial charge in [-0.3, -0.25) is 0 Å². The van der Waals surface area contributed by atoms with Crippen LogP contribution >= 0.6 is 0 Å². The predicted octanol–water partition coefficient (Wildman–Crippen LogP) is 2.42. The summed E-state index contributed by atoms with van der Waals surface area (Å²) >= 11 is 0. The van der Waals surface area contributed by atoms with Crippen molar-refractivity contribution in [3.63, 3.8) is 0 Å². The normalized spacial score (nSPS) is 34.2. The molecule has 2 atom stereocenters. The fourth-order valence-corrected chi connectivity index (χ4v) is 3.05. The summed E-state index contributed by atoms with van der Waals surface area (Å²) in [5.41, 5.74) is 0.776. The second-order valence-electron chi connectivity index (χ2n) is 4.89. The van der Waals surface area contributed by atoms with E-state index in [0.717, 1.165) is 44.0 Å². The number of fused-ring (bicyclic) bond motifs is 1. The first-order chi connectivity index (χ1) is 8.22. The molecule has 3 heteroatoms. The molecule has 0 amide bonds. The number of aldehydes is 1. The molecule has 0 N–H and O–H groups in total. The van der Waals surface area contributed by atoms with Gasteiger partial charge in [-0.15, -0.1) is 0 Å². The minimum absolute atomic E-state index is 0.0987. The molecule has 0 heterocycles. The maximum absolute atomic E-state index is 11.4. The van der Waals surface area contributed by atoms with Crippen molar-refractivity contribution in [2.75, 3.05) is 7.11 Å². The lowest BCUT2D eigenvalue weighted by molar-refractivity contribution is -0.135.